The maximum atomic E-state index is 8.76. The van der Waals surface area contributed by atoms with Gasteiger partial charge in [0, 0.05) is 13.0 Å². The molecule has 0 saturated heterocycles. The Bertz CT molecular complexity index is 506. The number of hydrogen-bond acceptors (Lipinski definition) is 4. The van der Waals surface area contributed by atoms with Crippen LogP contribution >= 0.6 is 0 Å². The van der Waals surface area contributed by atoms with Crippen LogP contribution in [0.3, 0.4) is 0 Å². The fraction of sp³-hybridized carbons (Fsp3) is 0.467. The molecule has 0 aliphatic carbocycles. The molecule has 0 atom stereocenters. The van der Waals surface area contributed by atoms with Crippen molar-refractivity contribution < 1.29 is 9.63 Å². The van der Waals surface area contributed by atoms with Crippen molar-refractivity contribution in [1.82, 2.24) is 10.1 Å². The largest absolute Gasteiger partial charge is 0.396 e. The van der Waals surface area contributed by atoms with Crippen molar-refractivity contribution in [3.05, 3.63) is 47.6 Å². The van der Waals surface area contributed by atoms with E-state index in [2.05, 4.69) is 36.1 Å². The van der Waals surface area contributed by atoms with Crippen molar-refractivity contribution in [1.29, 1.82) is 0 Å². The van der Waals surface area contributed by atoms with E-state index in [0.29, 0.717) is 11.7 Å². The molecule has 1 N–H and O–H groups in total. The zero-order chi connectivity index (χ0) is 13.7. The predicted molar refractivity (Wildman–Crippen MR) is 72.9 cm³/mol. The maximum Gasteiger partial charge on any atom is 0.226 e. The number of aryl methyl sites for hydroxylation is 1. The van der Waals surface area contributed by atoms with Crippen molar-refractivity contribution in [3.63, 3.8) is 0 Å². The number of nitrogens with zero attached hydrogens (tertiary/aromatic N) is 2. The van der Waals surface area contributed by atoms with Gasteiger partial charge in [-0.3, -0.25) is 0 Å². The molecule has 0 spiro atoms. The summed E-state index contributed by atoms with van der Waals surface area (Å²) in [6.45, 7) is 4.38. The minimum Gasteiger partial charge on any atom is -0.396 e. The van der Waals surface area contributed by atoms with Crippen LogP contribution in [0.5, 0.6) is 0 Å². The first-order chi connectivity index (χ1) is 9.14. The lowest BCUT2D eigenvalue weighted by Crippen LogP contribution is -2.20. The van der Waals surface area contributed by atoms with Crippen LogP contribution in [0.1, 0.15) is 44.0 Å². The summed E-state index contributed by atoms with van der Waals surface area (Å²) >= 11 is 0. The first kappa shape index (κ1) is 13.7. The van der Waals surface area contributed by atoms with E-state index < -0.39 is 0 Å². The van der Waals surface area contributed by atoms with Gasteiger partial charge in [0.25, 0.3) is 0 Å². The van der Waals surface area contributed by atoms with Crippen LogP contribution in [-0.2, 0) is 11.8 Å². The predicted octanol–water partition coefficient (Wildman–Crippen LogP) is 2.71. The number of benzene rings is 1. The van der Waals surface area contributed by atoms with E-state index in [-0.39, 0.29) is 12.0 Å². The zero-order valence-corrected chi connectivity index (χ0v) is 11.5. The highest BCUT2D eigenvalue weighted by Gasteiger charge is 2.28. The maximum absolute atomic E-state index is 8.76. The van der Waals surface area contributed by atoms with Crippen LogP contribution in [-0.4, -0.2) is 21.9 Å². The van der Waals surface area contributed by atoms with Gasteiger partial charge in [-0.2, -0.15) is 4.98 Å². The summed E-state index contributed by atoms with van der Waals surface area (Å²) in [4.78, 5) is 4.47. The number of unbranched alkanes of at least 4 members (excludes halogenated alkanes) is 1. The van der Waals surface area contributed by atoms with Gasteiger partial charge in [0.05, 0.1) is 5.41 Å². The Balaban J connectivity index is 2.13. The van der Waals surface area contributed by atoms with Crippen LogP contribution in [0, 0.1) is 0 Å². The highest BCUT2D eigenvalue weighted by molar-refractivity contribution is 5.30. The summed E-state index contributed by atoms with van der Waals surface area (Å²) in [5.41, 5.74) is 0.901. The van der Waals surface area contributed by atoms with Crippen molar-refractivity contribution in [2.75, 3.05) is 6.61 Å². The molecule has 1 heterocycles. The second-order valence-corrected chi connectivity index (χ2v) is 5.18. The lowest BCUT2D eigenvalue weighted by Gasteiger charge is -2.20. The summed E-state index contributed by atoms with van der Waals surface area (Å²) in [5, 5.41) is 12.9. The van der Waals surface area contributed by atoms with Gasteiger partial charge in [0.1, 0.15) is 0 Å². The molecule has 1 aromatic heterocycles. The fourth-order valence-electron chi connectivity index (χ4n) is 1.98. The molecular weight excluding hydrogens is 240 g/mol. The van der Waals surface area contributed by atoms with Gasteiger partial charge < -0.3 is 9.63 Å². The third kappa shape index (κ3) is 3.20. The summed E-state index contributed by atoms with van der Waals surface area (Å²) < 4.78 is 5.28. The first-order valence-electron chi connectivity index (χ1n) is 6.64. The van der Waals surface area contributed by atoms with Crippen LogP contribution in [0.4, 0.5) is 0 Å². The average molecular weight is 260 g/mol. The molecule has 0 radical (unpaired) electrons. The number of aromatic nitrogens is 2. The van der Waals surface area contributed by atoms with Crippen molar-refractivity contribution in [2.45, 2.75) is 38.5 Å². The second kappa shape index (κ2) is 5.97. The van der Waals surface area contributed by atoms with Crippen LogP contribution in [0.15, 0.2) is 34.9 Å². The SMILES string of the molecule is CC(C)(c1ccccc1)c1noc(CCCCO)n1. The van der Waals surface area contributed by atoms with E-state index >= 15 is 0 Å². The molecule has 0 fully saturated rings. The van der Waals surface area contributed by atoms with Gasteiger partial charge in [0.2, 0.25) is 5.89 Å². The minimum absolute atomic E-state index is 0.205. The van der Waals surface area contributed by atoms with Gasteiger partial charge in [-0.05, 0) is 32.3 Å². The lowest BCUT2D eigenvalue weighted by molar-refractivity contribution is 0.280. The third-order valence-corrected chi connectivity index (χ3v) is 3.32. The van der Waals surface area contributed by atoms with Crippen molar-refractivity contribution in [3.8, 4) is 0 Å². The molecule has 102 valence electrons. The number of aliphatic hydroxyl groups is 1. The monoisotopic (exact) mass is 260 g/mol. The van der Waals surface area contributed by atoms with E-state index in [9.17, 15) is 0 Å². The molecule has 0 amide bonds. The Labute approximate surface area is 113 Å². The van der Waals surface area contributed by atoms with E-state index in [4.69, 9.17) is 9.63 Å². The van der Waals surface area contributed by atoms with E-state index in [0.717, 1.165) is 24.8 Å². The van der Waals surface area contributed by atoms with Gasteiger partial charge in [0.15, 0.2) is 5.82 Å². The summed E-state index contributed by atoms with van der Waals surface area (Å²) in [5.74, 6) is 1.35. The molecule has 0 aliphatic heterocycles. The second-order valence-electron chi connectivity index (χ2n) is 5.18. The molecule has 0 saturated carbocycles. The molecular formula is C15H20N2O2. The average Bonchev–Trinajstić information content (AvgIpc) is 2.90. The van der Waals surface area contributed by atoms with Gasteiger partial charge in [-0.25, -0.2) is 0 Å². The summed E-state index contributed by atoms with van der Waals surface area (Å²) in [7, 11) is 0. The Morgan fingerprint density at radius 3 is 2.58 bits per heavy atom. The Kier molecular flexibility index (Phi) is 4.32. The van der Waals surface area contributed by atoms with E-state index in [1.54, 1.807) is 0 Å². The van der Waals surface area contributed by atoms with Gasteiger partial charge in [-0.1, -0.05) is 35.5 Å². The number of aliphatic hydroxyl groups excluding tert-OH is 1. The van der Waals surface area contributed by atoms with Gasteiger partial charge in [-0.15, -0.1) is 0 Å². The van der Waals surface area contributed by atoms with Crippen molar-refractivity contribution >= 4 is 0 Å². The third-order valence-electron chi connectivity index (χ3n) is 3.32. The molecule has 1 aromatic carbocycles. The molecule has 19 heavy (non-hydrogen) atoms. The Morgan fingerprint density at radius 2 is 1.89 bits per heavy atom. The van der Waals surface area contributed by atoms with Crippen molar-refractivity contribution in [2.24, 2.45) is 0 Å². The minimum atomic E-state index is -0.264. The first-order valence-corrected chi connectivity index (χ1v) is 6.64. The smallest absolute Gasteiger partial charge is 0.226 e. The van der Waals surface area contributed by atoms with Crippen LogP contribution in [0.2, 0.25) is 0 Å². The molecule has 4 heteroatoms. The standard InChI is InChI=1S/C15H20N2O2/c1-15(2,12-8-4-3-5-9-12)14-16-13(19-17-14)10-6-7-11-18/h3-5,8-9,18H,6-7,10-11H2,1-2H3. The topological polar surface area (TPSA) is 59.2 Å². The summed E-state index contributed by atoms with van der Waals surface area (Å²) in [6, 6.07) is 10.2. The number of rotatable bonds is 6. The van der Waals surface area contributed by atoms with Gasteiger partial charge >= 0.3 is 0 Å². The molecule has 0 unspecified atom stereocenters. The molecule has 2 rings (SSSR count). The highest BCUT2D eigenvalue weighted by Crippen LogP contribution is 2.29. The molecule has 0 aliphatic rings. The summed E-state index contributed by atoms with van der Waals surface area (Å²) in [6.07, 6.45) is 2.35. The van der Waals surface area contributed by atoms with E-state index in [1.807, 2.05) is 18.2 Å². The molecule has 2 aromatic rings. The lowest BCUT2D eigenvalue weighted by atomic mass is 9.84. The zero-order valence-electron chi connectivity index (χ0n) is 11.5. The van der Waals surface area contributed by atoms with Crippen LogP contribution in [0.25, 0.3) is 0 Å². The fourth-order valence-corrected chi connectivity index (χ4v) is 1.98. The quantitative estimate of drug-likeness (QED) is 0.811. The molecule has 0 bridgehead atoms. The highest BCUT2D eigenvalue weighted by atomic mass is 16.5. The van der Waals surface area contributed by atoms with E-state index in [1.165, 1.54) is 0 Å². The Hall–Kier alpha value is -1.68. The normalized spacial score (nSPS) is 11.7. The number of hydrogen-bond donors (Lipinski definition) is 1. The Morgan fingerprint density at radius 1 is 1.16 bits per heavy atom. The molecule has 4 nitrogen and oxygen atoms in total. The van der Waals surface area contributed by atoms with Crippen LogP contribution < -0.4 is 0 Å².